The Hall–Kier alpha value is -3.95. The van der Waals surface area contributed by atoms with Gasteiger partial charge >= 0.3 is 0 Å². The Morgan fingerprint density at radius 3 is 2.47 bits per heavy atom. The van der Waals surface area contributed by atoms with Crippen LogP contribution in [0.2, 0.25) is 0 Å². The zero-order chi connectivity index (χ0) is 24.9. The van der Waals surface area contributed by atoms with E-state index < -0.39 is 11.6 Å². The molecule has 0 spiro atoms. The van der Waals surface area contributed by atoms with Gasteiger partial charge in [0.25, 0.3) is 0 Å². The van der Waals surface area contributed by atoms with E-state index in [-0.39, 0.29) is 30.4 Å². The average molecular weight is 492 g/mol. The highest BCUT2D eigenvalue weighted by molar-refractivity contribution is 5.69. The molecule has 2 aromatic carbocycles. The van der Waals surface area contributed by atoms with Crippen LogP contribution in [0.15, 0.2) is 55.1 Å². The van der Waals surface area contributed by atoms with Crippen LogP contribution < -0.4 is 9.64 Å². The molecule has 186 valence electrons. The molecular weight excluding hydrogens is 464 g/mol. The first-order chi connectivity index (χ1) is 17.6. The van der Waals surface area contributed by atoms with Crippen molar-refractivity contribution >= 4 is 5.95 Å². The van der Waals surface area contributed by atoms with Crippen molar-refractivity contribution in [3.8, 4) is 16.9 Å². The number of hydrogen-bond acceptors (Lipinski definition) is 7. The van der Waals surface area contributed by atoms with Gasteiger partial charge in [-0.2, -0.15) is 4.80 Å². The predicted octanol–water partition coefficient (Wildman–Crippen LogP) is 4.31. The molecule has 1 fully saturated rings. The summed E-state index contributed by atoms with van der Waals surface area (Å²) in [7, 11) is 0. The van der Waals surface area contributed by atoms with Crippen LogP contribution in [0, 0.1) is 17.6 Å². The molecule has 5 rings (SSSR count). The van der Waals surface area contributed by atoms with Gasteiger partial charge in [-0.3, -0.25) is 0 Å². The van der Waals surface area contributed by atoms with Crippen molar-refractivity contribution in [1.29, 1.82) is 0 Å². The Morgan fingerprint density at radius 2 is 1.81 bits per heavy atom. The summed E-state index contributed by atoms with van der Waals surface area (Å²) in [6.45, 7) is 3.82. The zero-order valence-electron chi connectivity index (χ0n) is 20.0. The van der Waals surface area contributed by atoms with Gasteiger partial charge in [0.05, 0.1) is 13.2 Å². The van der Waals surface area contributed by atoms with Crippen molar-refractivity contribution < 1.29 is 13.5 Å². The SMILES string of the molecule is CCc1cnc(N2CCC(COc3c(F)cc(-c4ccccc4)c(Cn4ncnn4)c3F)CC2)nc1. The first-order valence-electron chi connectivity index (χ1n) is 12.1. The van der Waals surface area contributed by atoms with E-state index in [1.54, 1.807) is 12.1 Å². The molecule has 0 atom stereocenters. The molecule has 4 aromatic rings. The third-order valence-corrected chi connectivity index (χ3v) is 6.51. The molecule has 1 saturated heterocycles. The second-order valence-corrected chi connectivity index (χ2v) is 8.85. The highest BCUT2D eigenvalue weighted by atomic mass is 19.1. The molecule has 0 amide bonds. The van der Waals surface area contributed by atoms with Gasteiger partial charge in [-0.15, -0.1) is 10.2 Å². The minimum Gasteiger partial charge on any atom is -0.487 e. The molecule has 36 heavy (non-hydrogen) atoms. The maximum atomic E-state index is 15.7. The van der Waals surface area contributed by atoms with E-state index in [1.165, 1.54) is 17.2 Å². The molecular formula is C26H27F2N7O. The monoisotopic (exact) mass is 491 g/mol. The Morgan fingerprint density at radius 1 is 1.06 bits per heavy atom. The summed E-state index contributed by atoms with van der Waals surface area (Å²) < 4.78 is 36.6. The molecule has 0 N–H and O–H groups in total. The largest absolute Gasteiger partial charge is 0.487 e. The molecule has 0 aliphatic carbocycles. The van der Waals surface area contributed by atoms with Crippen LogP contribution in [0.1, 0.15) is 30.9 Å². The molecule has 10 heteroatoms. The van der Waals surface area contributed by atoms with Crippen LogP contribution in [-0.2, 0) is 13.0 Å². The Bertz CT molecular complexity index is 1280. The van der Waals surface area contributed by atoms with Gasteiger partial charge in [0, 0.05) is 31.0 Å². The van der Waals surface area contributed by atoms with E-state index in [4.69, 9.17) is 4.74 Å². The molecule has 1 aliphatic rings. The van der Waals surface area contributed by atoms with Crippen LogP contribution in [0.5, 0.6) is 5.75 Å². The van der Waals surface area contributed by atoms with Crippen molar-refractivity contribution in [3.63, 3.8) is 0 Å². The number of anilines is 1. The van der Waals surface area contributed by atoms with Gasteiger partial charge in [0.1, 0.15) is 0 Å². The van der Waals surface area contributed by atoms with Gasteiger partial charge < -0.3 is 9.64 Å². The van der Waals surface area contributed by atoms with Gasteiger partial charge in [0.2, 0.25) is 5.95 Å². The molecule has 3 heterocycles. The van der Waals surface area contributed by atoms with Gasteiger partial charge in [-0.25, -0.2) is 18.7 Å². The summed E-state index contributed by atoms with van der Waals surface area (Å²) in [6.07, 6.45) is 7.52. The van der Waals surface area contributed by atoms with E-state index in [1.807, 2.05) is 30.6 Å². The Balaban J connectivity index is 1.30. The first kappa shape index (κ1) is 23.8. The third kappa shape index (κ3) is 5.17. The van der Waals surface area contributed by atoms with Gasteiger partial charge in [0.15, 0.2) is 23.7 Å². The summed E-state index contributed by atoms with van der Waals surface area (Å²) in [5.74, 6) is -0.960. The zero-order valence-corrected chi connectivity index (χ0v) is 20.0. The van der Waals surface area contributed by atoms with Crippen LogP contribution in [-0.4, -0.2) is 49.9 Å². The molecule has 2 aromatic heterocycles. The quantitative estimate of drug-likeness (QED) is 0.363. The number of rotatable bonds is 8. The lowest BCUT2D eigenvalue weighted by Crippen LogP contribution is -2.36. The first-order valence-corrected chi connectivity index (χ1v) is 12.1. The molecule has 1 aliphatic heterocycles. The minimum atomic E-state index is -0.743. The standard InChI is InChI=1S/C26H27F2N7O/c1-2-18-13-29-26(30-14-18)34-10-8-19(9-11-34)16-36-25-23(27)12-21(20-6-4-3-5-7-20)22(24(25)28)15-35-32-17-31-33-35/h3-7,12-14,17,19H,2,8-11,15-16H2,1H3. The summed E-state index contributed by atoms with van der Waals surface area (Å²) in [5, 5.41) is 11.5. The number of benzene rings is 2. The van der Waals surface area contributed by atoms with Crippen LogP contribution in [0.3, 0.4) is 0 Å². The average Bonchev–Trinajstić information content (AvgIpc) is 3.44. The smallest absolute Gasteiger partial charge is 0.225 e. The maximum Gasteiger partial charge on any atom is 0.225 e. The Kier molecular flexibility index (Phi) is 7.11. The van der Waals surface area contributed by atoms with E-state index in [2.05, 4.69) is 37.2 Å². The van der Waals surface area contributed by atoms with Crippen molar-refractivity contribution in [2.24, 2.45) is 5.92 Å². The van der Waals surface area contributed by atoms with Crippen molar-refractivity contribution in [2.45, 2.75) is 32.7 Å². The molecule has 0 saturated carbocycles. The lowest BCUT2D eigenvalue weighted by atomic mass is 9.97. The fraction of sp³-hybridized carbons (Fsp3) is 0.346. The normalized spacial score (nSPS) is 14.2. The van der Waals surface area contributed by atoms with E-state index in [0.717, 1.165) is 37.9 Å². The number of tetrazole rings is 1. The number of piperidine rings is 1. The highest BCUT2D eigenvalue weighted by Gasteiger charge is 2.25. The van der Waals surface area contributed by atoms with E-state index in [9.17, 15) is 0 Å². The van der Waals surface area contributed by atoms with Crippen LogP contribution in [0.4, 0.5) is 14.7 Å². The second kappa shape index (κ2) is 10.8. The lowest BCUT2D eigenvalue weighted by molar-refractivity contribution is 0.206. The third-order valence-electron chi connectivity index (χ3n) is 6.51. The Labute approximate surface area is 208 Å². The van der Waals surface area contributed by atoms with Crippen LogP contribution >= 0.6 is 0 Å². The number of aryl methyl sites for hydroxylation is 1. The van der Waals surface area contributed by atoms with Crippen LogP contribution in [0.25, 0.3) is 11.1 Å². The number of nitrogens with zero attached hydrogens (tertiary/aromatic N) is 7. The fourth-order valence-corrected chi connectivity index (χ4v) is 4.40. The summed E-state index contributed by atoms with van der Waals surface area (Å²) >= 11 is 0. The molecule has 8 nitrogen and oxygen atoms in total. The van der Waals surface area contributed by atoms with Crippen molar-refractivity contribution in [1.82, 2.24) is 30.2 Å². The molecule has 0 bridgehead atoms. The topological polar surface area (TPSA) is 81.9 Å². The lowest BCUT2D eigenvalue weighted by Gasteiger charge is -2.32. The van der Waals surface area contributed by atoms with Gasteiger partial charge in [-0.05, 0) is 53.2 Å². The maximum absolute atomic E-state index is 15.7. The number of halogens is 2. The van der Waals surface area contributed by atoms with Crippen molar-refractivity contribution in [2.75, 3.05) is 24.6 Å². The number of ether oxygens (including phenoxy) is 1. The minimum absolute atomic E-state index is 0.00190. The number of aromatic nitrogens is 6. The van der Waals surface area contributed by atoms with E-state index in [0.29, 0.717) is 17.1 Å². The molecule has 0 unspecified atom stereocenters. The predicted molar refractivity (Wildman–Crippen MR) is 131 cm³/mol. The summed E-state index contributed by atoms with van der Waals surface area (Å²) in [5.41, 5.74) is 2.47. The summed E-state index contributed by atoms with van der Waals surface area (Å²) in [6, 6.07) is 10.4. The highest BCUT2D eigenvalue weighted by Crippen LogP contribution is 2.35. The number of hydrogen-bond donors (Lipinski definition) is 0. The molecule has 0 radical (unpaired) electrons. The fourth-order valence-electron chi connectivity index (χ4n) is 4.40. The van der Waals surface area contributed by atoms with Gasteiger partial charge in [-0.1, -0.05) is 37.3 Å². The second-order valence-electron chi connectivity index (χ2n) is 8.85. The van der Waals surface area contributed by atoms with Crippen molar-refractivity contribution in [3.05, 3.63) is 77.9 Å². The van der Waals surface area contributed by atoms with E-state index >= 15 is 8.78 Å². The summed E-state index contributed by atoms with van der Waals surface area (Å²) in [4.78, 5) is 12.3.